The molecule has 0 saturated carbocycles. The number of nitrogens with one attached hydrogen (secondary N) is 1. The van der Waals surface area contributed by atoms with Crippen molar-refractivity contribution in [1.82, 2.24) is 25.1 Å². The summed E-state index contributed by atoms with van der Waals surface area (Å²) in [4.78, 5) is 43.3. The van der Waals surface area contributed by atoms with Crippen molar-refractivity contribution in [3.05, 3.63) is 59.4 Å². The minimum absolute atomic E-state index is 0.0155. The fourth-order valence-corrected chi connectivity index (χ4v) is 5.73. The molecule has 1 N–H and O–H groups in total. The second-order valence-corrected chi connectivity index (χ2v) is 11.3. The van der Waals surface area contributed by atoms with Gasteiger partial charge in [-0.15, -0.1) is 0 Å². The first-order valence-electron chi connectivity index (χ1n) is 12.9. The maximum absolute atomic E-state index is 14.8. The zero-order chi connectivity index (χ0) is 27.4. The highest BCUT2D eigenvalue weighted by atomic mass is 127. The Hall–Kier alpha value is -2.54. The number of alkyl halides is 2. The number of hydrazine groups is 1. The molecule has 0 aromatic heterocycles. The second kappa shape index (κ2) is 12.1. The van der Waals surface area contributed by atoms with Crippen molar-refractivity contribution in [1.29, 1.82) is 0 Å². The quantitative estimate of drug-likeness (QED) is 0.265. The molecule has 0 radical (unpaired) electrons. The summed E-state index contributed by atoms with van der Waals surface area (Å²) in [6.07, 6.45) is 3.77. The first kappa shape index (κ1) is 28.5. The Morgan fingerprint density at radius 2 is 1.95 bits per heavy atom. The SMILES string of the molecule is CN1CC(=O)N2[C@@H](CCCCI)C(=O)N(CC3=CCC(C)(F)C=C3F)C[C@@H]2N1C(=O)NCc1ccccc1. The van der Waals surface area contributed by atoms with E-state index >= 15 is 0 Å². The highest BCUT2D eigenvalue weighted by molar-refractivity contribution is 14.1. The van der Waals surface area contributed by atoms with E-state index in [1.165, 1.54) is 27.8 Å². The third-order valence-corrected chi connectivity index (χ3v) is 7.90. The number of hydrogen-bond acceptors (Lipinski definition) is 4. The number of allylic oxidation sites excluding steroid dienone is 2. The second-order valence-electron chi connectivity index (χ2n) is 10.2. The molecule has 0 spiro atoms. The summed E-state index contributed by atoms with van der Waals surface area (Å²) in [5.41, 5.74) is -0.606. The average Bonchev–Trinajstić information content (AvgIpc) is 2.86. The third-order valence-electron chi connectivity index (χ3n) is 7.14. The van der Waals surface area contributed by atoms with Gasteiger partial charge >= 0.3 is 6.03 Å². The maximum atomic E-state index is 14.8. The van der Waals surface area contributed by atoms with E-state index < -0.39 is 29.7 Å². The molecule has 4 amide bonds. The molecule has 38 heavy (non-hydrogen) atoms. The Labute approximate surface area is 235 Å². The lowest BCUT2D eigenvalue weighted by atomic mass is 9.93. The van der Waals surface area contributed by atoms with Crippen LogP contribution in [0.4, 0.5) is 13.6 Å². The minimum atomic E-state index is -1.77. The number of carbonyl (C=O) groups is 3. The van der Waals surface area contributed by atoms with E-state index in [9.17, 15) is 23.2 Å². The lowest BCUT2D eigenvalue weighted by molar-refractivity contribution is -0.187. The summed E-state index contributed by atoms with van der Waals surface area (Å²) in [7, 11) is 1.66. The zero-order valence-corrected chi connectivity index (χ0v) is 23.9. The average molecular weight is 642 g/mol. The number of likely N-dealkylation sites (N-methyl/N-ethyl adjacent to an activating group) is 1. The molecule has 2 aliphatic heterocycles. The first-order chi connectivity index (χ1) is 18.1. The van der Waals surface area contributed by atoms with Crippen molar-refractivity contribution in [2.75, 3.05) is 31.1 Å². The minimum Gasteiger partial charge on any atom is -0.333 e. The molecule has 3 aliphatic rings. The standard InChI is InChI=1S/C27H34F2IN5O3/c1-27(29)12-11-20(21(28)14-27)16-33-17-23-34(22(25(33)37)10-6-7-13-30)24(36)18-32(2)35(23)26(38)31-15-19-8-4-3-5-9-19/h3-5,8-9,11,14,22-23H,6-7,10,12-13,15-18H2,1-2H3,(H,31,38)/t22-,23-,27?/m0/s1. The number of benzene rings is 1. The van der Waals surface area contributed by atoms with Gasteiger partial charge in [-0.2, -0.15) is 0 Å². The van der Waals surface area contributed by atoms with Gasteiger partial charge in [0.05, 0.1) is 13.1 Å². The Bertz CT molecular complexity index is 1110. The van der Waals surface area contributed by atoms with Crippen LogP contribution in [0.5, 0.6) is 0 Å². The number of rotatable bonds is 8. The number of carbonyl (C=O) groups excluding carboxylic acids is 3. The normalized spacial score (nSPS) is 26.2. The zero-order valence-electron chi connectivity index (χ0n) is 21.7. The predicted molar refractivity (Wildman–Crippen MR) is 148 cm³/mol. The molecule has 11 heteroatoms. The Morgan fingerprint density at radius 1 is 1.21 bits per heavy atom. The van der Waals surface area contributed by atoms with Crippen LogP contribution in [0.3, 0.4) is 0 Å². The molecule has 2 fully saturated rings. The summed E-state index contributed by atoms with van der Waals surface area (Å²) in [5.74, 6) is -1.19. The van der Waals surface area contributed by atoms with Gasteiger partial charge in [-0.3, -0.25) is 9.59 Å². The Morgan fingerprint density at radius 3 is 2.63 bits per heavy atom. The van der Waals surface area contributed by atoms with Gasteiger partial charge in [0, 0.05) is 32.1 Å². The van der Waals surface area contributed by atoms with Gasteiger partial charge in [-0.25, -0.2) is 23.6 Å². The third kappa shape index (κ3) is 6.36. The fourth-order valence-electron chi connectivity index (χ4n) is 5.19. The van der Waals surface area contributed by atoms with Gasteiger partial charge < -0.3 is 15.1 Å². The van der Waals surface area contributed by atoms with E-state index in [2.05, 4.69) is 27.9 Å². The number of halogens is 3. The smallest absolute Gasteiger partial charge is 0.333 e. The highest BCUT2D eigenvalue weighted by Crippen LogP contribution is 2.33. The van der Waals surface area contributed by atoms with Crippen LogP contribution in [0, 0.1) is 0 Å². The molecule has 4 rings (SSSR count). The van der Waals surface area contributed by atoms with Crippen molar-refractivity contribution in [2.45, 2.75) is 57.0 Å². The number of piperazine rings is 1. The van der Waals surface area contributed by atoms with Crippen LogP contribution in [0.2, 0.25) is 0 Å². The molecule has 8 nitrogen and oxygen atoms in total. The van der Waals surface area contributed by atoms with Crippen LogP contribution in [-0.2, 0) is 16.1 Å². The molecule has 1 aliphatic carbocycles. The van der Waals surface area contributed by atoms with Gasteiger partial charge in [0.25, 0.3) is 0 Å². The molecule has 2 saturated heterocycles. The molecule has 0 bridgehead atoms. The lowest BCUT2D eigenvalue weighted by Gasteiger charge is -2.54. The van der Waals surface area contributed by atoms with Crippen LogP contribution >= 0.6 is 22.6 Å². The summed E-state index contributed by atoms with van der Waals surface area (Å²) in [6.45, 7) is 1.54. The molecule has 1 aromatic rings. The van der Waals surface area contributed by atoms with Crippen LogP contribution in [-0.4, -0.2) is 86.6 Å². The van der Waals surface area contributed by atoms with Crippen molar-refractivity contribution in [2.24, 2.45) is 0 Å². The number of nitrogens with zero attached hydrogens (tertiary/aromatic N) is 4. The first-order valence-corrected chi connectivity index (χ1v) is 14.4. The molecule has 1 aromatic carbocycles. The van der Waals surface area contributed by atoms with Crippen molar-refractivity contribution < 1.29 is 23.2 Å². The van der Waals surface area contributed by atoms with Crippen LogP contribution < -0.4 is 5.32 Å². The number of urea groups is 1. The van der Waals surface area contributed by atoms with Gasteiger partial charge in [0.2, 0.25) is 11.8 Å². The van der Waals surface area contributed by atoms with Crippen molar-refractivity contribution >= 4 is 40.4 Å². The Kier molecular flexibility index (Phi) is 9.07. The molecule has 3 atom stereocenters. The highest BCUT2D eigenvalue weighted by Gasteiger charge is 2.50. The van der Waals surface area contributed by atoms with Crippen LogP contribution in [0.1, 0.15) is 38.2 Å². The summed E-state index contributed by atoms with van der Waals surface area (Å²) < 4.78 is 30.0. The van der Waals surface area contributed by atoms with Gasteiger partial charge in [-0.05, 0) is 35.8 Å². The van der Waals surface area contributed by atoms with E-state index in [0.717, 1.165) is 28.9 Å². The molecular weight excluding hydrogens is 607 g/mol. The van der Waals surface area contributed by atoms with Crippen molar-refractivity contribution in [3.8, 4) is 0 Å². The maximum Gasteiger partial charge on any atom is 0.334 e. The number of amides is 4. The Balaban J connectivity index is 1.59. The van der Waals surface area contributed by atoms with Gasteiger partial charge in [0.15, 0.2) is 0 Å². The van der Waals surface area contributed by atoms with Crippen LogP contribution in [0.25, 0.3) is 0 Å². The molecule has 206 valence electrons. The predicted octanol–water partition coefficient (Wildman–Crippen LogP) is 3.94. The summed E-state index contributed by atoms with van der Waals surface area (Å²) in [6, 6.07) is 8.33. The van der Waals surface area contributed by atoms with Crippen LogP contribution in [0.15, 0.2) is 53.9 Å². The summed E-state index contributed by atoms with van der Waals surface area (Å²) >= 11 is 2.27. The number of fused-ring (bicyclic) bond motifs is 1. The van der Waals surface area contributed by atoms with E-state index in [0.29, 0.717) is 13.0 Å². The fraction of sp³-hybridized carbons (Fsp3) is 0.519. The van der Waals surface area contributed by atoms with Gasteiger partial charge in [0.1, 0.15) is 23.7 Å². The number of hydrogen-bond donors (Lipinski definition) is 1. The van der Waals surface area contributed by atoms with E-state index in [4.69, 9.17) is 0 Å². The summed E-state index contributed by atoms with van der Waals surface area (Å²) in [5, 5.41) is 5.96. The van der Waals surface area contributed by atoms with E-state index in [-0.39, 0.29) is 43.4 Å². The van der Waals surface area contributed by atoms with Gasteiger partial charge in [-0.1, -0.05) is 65.4 Å². The topological polar surface area (TPSA) is 76.2 Å². The number of unbranched alkanes of at least 4 members (excludes halogenated alkanes) is 1. The van der Waals surface area contributed by atoms with E-state index in [1.807, 2.05) is 30.3 Å². The van der Waals surface area contributed by atoms with Crippen molar-refractivity contribution in [3.63, 3.8) is 0 Å². The lowest BCUT2D eigenvalue weighted by Crippen LogP contribution is -2.76. The largest absolute Gasteiger partial charge is 0.334 e. The molecule has 2 heterocycles. The monoisotopic (exact) mass is 641 g/mol. The molecular formula is C27H34F2IN5O3. The molecule has 1 unspecified atom stereocenters. The van der Waals surface area contributed by atoms with E-state index in [1.54, 1.807) is 12.1 Å².